The molecule has 0 unspecified atom stereocenters. The first kappa shape index (κ1) is 26.5. The fourth-order valence-electron chi connectivity index (χ4n) is 8.21. The maximum absolute atomic E-state index is 6.40. The lowest BCUT2D eigenvalue weighted by atomic mass is 9.85. The number of hydrogen-bond donors (Lipinski definition) is 0. The molecule has 0 spiro atoms. The van der Waals surface area contributed by atoms with Crippen LogP contribution in [-0.4, -0.2) is 4.57 Å². The van der Waals surface area contributed by atoms with Gasteiger partial charge in [0.15, 0.2) is 0 Å². The van der Waals surface area contributed by atoms with Crippen LogP contribution in [0.1, 0.15) is 0 Å². The molecular weight excluding hydrogens is 599 g/mol. The second-order valence-electron chi connectivity index (χ2n) is 12.8. The molecule has 11 rings (SSSR count). The summed E-state index contributed by atoms with van der Waals surface area (Å²) in [7, 11) is 0. The number of furan rings is 2. The van der Waals surface area contributed by atoms with E-state index < -0.39 is 0 Å². The molecule has 0 amide bonds. The smallest absolute Gasteiger partial charge is 0.146 e. The highest BCUT2D eigenvalue weighted by Gasteiger charge is 2.23. The SMILES string of the molecule is c1ccc(-n2c3ccccc3c3cc(-c4c5ccccc5c(-c5cc6c7ccccc7oc6c6ccoc56)c5ccccc45)ccc32)cc1. The quantitative estimate of drug-likeness (QED) is 0.183. The third-order valence-electron chi connectivity index (χ3n) is 10.3. The molecular formula is C46H27NO2. The molecule has 0 saturated carbocycles. The zero-order valence-corrected chi connectivity index (χ0v) is 26.4. The number of para-hydroxylation sites is 3. The minimum Gasteiger partial charge on any atom is -0.464 e. The highest BCUT2D eigenvalue weighted by molar-refractivity contribution is 6.26. The van der Waals surface area contributed by atoms with E-state index in [-0.39, 0.29) is 0 Å². The molecule has 0 aliphatic rings. The minimum absolute atomic E-state index is 0.838. The fourth-order valence-corrected chi connectivity index (χ4v) is 8.21. The lowest BCUT2D eigenvalue weighted by molar-refractivity contribution is 0.616. The molecule has 0 saturated heterocycles. The molecule has 0 aliphatic carbocycles. The van der Waals surface area contributed by atoms with Gasteiger partial charge in [-0.1, -0.05) is 109 Å². The molecule has 8 aromatic carbocycles. The van der Waals surface area contributed by atoms with Gasteiger partial charge in [0.05, 0.1) is 22.7 Å². The van der Waals surface area contributed by atoms with Crippen LogP contribution < -0.4 is 0 Å². The number of nitrogens with zero attached hydrogens (tertiary/aromatic N) is 1. The molecule has 3 heteroatoms. The van der Waals surface area contributed by atoms with Crippen LogP contribution in [0.4, 0.5) is 0 Å². The van der Waals surface area contributed by atoms with Crippen LogP contribution in [0.15, 0.2) is 173 Å². The maximum Gasteiger partial charge on any atom is 0.146 e. The van der Waals surface area contributed by atoms with Gasteiger partial charge in [-0.3, -0.25) is 0 Å². The van der Waals surface area contributed by atoms with E-state index >= 15 is 0 Å². The van der Waals surface area contributed by atoms with Crippen molar-refractivity contribution >= 4 is 76.3 Å². The maximum atomic E-state index is 6.40. The highest BCUT2D eigenvalue weighted by atomic mass is 16.3. The lowest BCUT2D eigenvalue weighted by Crippen LogP contribution is -1.93. The summed E-state index contributed by atoms with van der Waals surface area (Å²) in [4.78, 5) is 0. The standard InChI is InChI=1S/C46H27NO2/c1-2-12-29(13-3-1)47-40-20-10-8-14-30(40)37-26-28(22-23-41(37)47)43-32-16-4-6-18-34(32)44(35-19-7-5-17-33(35)43)39-27-38-31-15-9-11-21-42(31)49-46(38)36-24-25-48-45(36)39/h1-27H. The van der Waals surface area contributed by atoms with Crippen molar-refractivity contribution in [2.45, 2.75) is 0 Å². The first-order chi connectivity index (χ1) is 24.3. The normalized spacial score (nSPS) is 12.1. The molecule has 11 aromatic rings. The van der Waals surface area contributed by atoms with Crippen LogP contribution >= 0.6 is 0 Å². The Hall–Kier alpha value is -6.58. The topological polar surface area (TPSA) is 31.2 Å². The monoisotopic (exact) mass is 625 g/mol. The van der Waals surface area contributed by atoms with Crippen LogP contribution in [0, 0.1) is 0 Å². The van der Waals surface area contributed by atoms with Gasteiger partial charge in [0.1, 0.15) is 16.7 Å². The van der Waals surface area contributed by atoms with E-state index in [2.05, 4.69) is 144 Å². The Bertz CT molecular complexity index is 3050. The third-order valence-corrected chi connectivity index (χ3v) is 10.3. The zero-order valence-electron chi connectivity index (χ0n) is 26.4. The summed E-state index contributed by atoms with van der Waals surface area (Å²) in [6.45, 7) is 0. The second kappa shape index (κ2) is 9.96. The van der Waals surface area contributed by atoms with E-state index in [9.17, 15) is 0 Å². The Morgan fingerprint density at radius 2 is 1.00 bits per heavy atom. The zero-order chi connectivity index (χ0) is 32.1. The number of aromatic nitrogens is 1. The Labute approximate surface area is 280 Å². The summed E-state index contributed by atoms with van der Waals surface area (Å²) in [5.74, 6) is 0. The van der Waals surface area contributed by atoms with Gasteiger partial charge in [0, 0.05) is 38.4 Å². The number of hydrogen-bond acceptors (Lipinski definition) is 2. The highest BCUT2D eigenvalue weighted by Crippen LogP contribution is 2.48. The molecule has 0 atom stereocenters. The fraction of sp³-hybridized carbons (Fsp3) is 0. The molecule has 0 N–H and O–H groups in total. The molecule has 49 heavy (non-hydrogen) atoms. The van der Waals surface area contributed by atoms with Gasteiger partial charge < -0.3 is 13.4 Å². The van der Waals surface area contributed by atoms with Crippen molar-refractivity contribution in [2.24, 2.45) is 0 Å². The van der Waals surface area contributed by atoms with Crippen molar-refractivity contribution < 1.29 is 8.83 Å². The van der Waals surface area contributed by atoms with Crippen LogP contribution in [0.25, 0.3) is 104 Å². The number of fused-ring (bicyclic) bond motifs is 10. The first-order valence-corrected chi connectivity index (χ1v) is 16.7. The number of benzene rings is 8. The van der Waals surface area contributed by atoms with Gasteiger partial charge in [0.2, 0.25) is 0 Å². The molecule has 3 heterocycles. The van der Waals surface area contributed by atoms with Crippen molar-refractivity contribution in [3.63, 3.8) is 0 Å². The Balaban J connectivity index is 1.24. The first-order valence-electron chi connectivity index (χ1n) is 16.7. The van der Waals surface area contributed by atoms with Crippen LogP contribution in [0.5, 0.6) is 0 Å². The Kier molecular flexibility index (Phi) is 5.38. The van der Waals surface area contributed by atoms with E-state index in [1.165, 1.54) is 60.0 Å². The van der Waals surface area contributed by atoms with Crippen molar-refractivity contribution in [1.82, 2.24) is 4.57 Å². The van der Waals surface area contributed by atoms with Crippen molar-refractivity contribution in [3.05, 3.63) is 164 Å². The van der Waals surface area contributed by atoms with Crippen LogP contribution in [0.3, 0.4) is 0 Å². The predicted molar refractivity (Wildman–Crippen MR) is 204 cm³/mol. The lowest BCUT2D eigenvalue weighted by Gasteiger charge is -2.18. The summed E-state index contributed by atoms with van der Waals surface area (Å²) >= 11 is 0. The second-order valence-corrected chi connectivity index (χ2v) is 12.8. The summed E-state index contributed by atoms with van der Waals surface area (Å²) in [6, 6.07) is 56.6. The number of rotatable bonds is 3. The average molecular weight is 626 g/mol. The van der Waals surface area contributed by atoms with Crippen LogP contribution in [0.2, 0.25) is 0 Å². The van der Waals surface area contributed by atoms with Crippen LogP contribution in [-0.2, 0) is 0 Å². The molecule has 3 aromatic heterocycles. The predicted octanol–water partition coefficient (Wildman–Crippen LogP) is 13.1. The summed E-state index contributed by atoms with van der Waals surface area (Å²) < 4.78 is 15.1. The van der Waals surface area contributed by atoms with Gasteiger partial charge in [-0.05, 0) is 81.2 Å². The average Bonchev–Trinajstić information content (AvgIpc) is 3.88. The molecule has 3 nitrogen and oxygen atoms in total. The van der Waals surface area contributed by atoms with Crippen molar-refractivity contribution in [1.29, 1.82) is 0 Å². The van der Waals surface area contributed by atoms with Gasteiger partial charge >= 0.3 is 0 Å². The van der Waals surface area contributed by atoms with Gasteiger partial charge in [-0.15, -0.1) is 0 Å². The molecule has 0 aliphatic heterocycles. The Morgan fingerprint density at radius 3 is 1.76 bits per heavy atom. The van der Waals surface area contributed by atoms with E-state index in [1.54, 1.807) is 6.26 Å². The Morgan fingerprint density at radius 1 is 0.388 bits per heavy atom. The van der Waals surface area contributed by atoms with E-state index in [1.807, 2.05) is 18.2 Å². The van der Waals surface area contributed by atoms with E-state index in [0.29, 0.717) is 0 Å². The van der Waals surface area contributed by atoms with E-state index in [4.69, 9.17) is 8.83 Å². The third kappa shape index (κ3) is 3.67. The summed E-state index contributed by atoms with van der Waals surface area (Å²) in [6.07, 6.45) is 1.78. The molecule has 228 valence electrons. The van der Waals surface area contributed by atoms with E-state index in [0.717, 1.165) is 44.2 Å². The minimum atomic E-state index is 0.838. The molecule has 0 bridgehead atoms. The largest absolute Gasteiger partial charge is 0.464 e. The van der Waals surface area contributed by atoms with Gasteiger partial charge in [-0.25, -0.2) is 0 Å². The van der Waals surface area contributed by atoms with Gasteiger partial charge in [0.25, 0.3) is 0 Å². The summed E-state index contributed by atoms with van der Waals surface area (Å²) in [5, 5.41) is 10.5. The molecule has 0 fully saturated rings. The summed E-state index contributed by atoms with van der Waals surface area (Å²) in [5.41, 5.74) is 10.8. The van der Waals surface area contributed by atoms with Gasteiger partial charge in [-0.2, -0.15) is 0 Å². The van der Waals surface area contributed by atoms with Crippen molar-refractivity contribution in [2.75, 3.05) is 0 Å². The van der Waals surface area contributed by atoms with Crippen molar-refractivity contribution in [3.8, 4) is 27.9 Å². The molecule has 0 radical (unpaired) electrons.